The Bertz CT molecular complexity index is 1080. The van der Waals surface area contributed by atoms with Crippen LogP contribution in [0.5, 0.6) is 11.5 Å². The number of amides is 1. The zero-order chi connectivity index (χ0) is 18.8. The number of thiazole rings is 1. The summed E-state index contributed by atoms with van der Waals surface area (Å²) in [5.74, 6) is 0.454. The van der Waals surface area contributed by atoms with Crippen molar-refractivity contribution in [2.45, 2.75) is 13.5 Å². The van der Waals surface area contributed by atoms with Crippen molar-refractivity contribution in [3.8, 4) is 11.5 Å². The maximum atomic E-state index is 12.5. The van der Waals surface area contributed by atoms with E-state index < -0.39 is 5.97 Å². The van der Waals surface area contributed by atoms with Gasteiger partial charge in [0.05, 0.1) is 16.8 Å². The highest BCUT2D eigenvalue weighted by Gasteiger charge is 2.19. The Balaban J connectivity index is 1.84. The van der Waals surface area contributed by atoms with Crippen LogP contribution in [0.25, 0.3) is 10.2 Å². The number of aromatic nitrogens is 1. The van der Waals surface area contributed by atoms with E-state index in [0.717, 1.165) is 10.2 Å². The molecular weight excluding hydrogens is 368 g/mol. The fourth-order valence-corrected chi connectivity index (χ4v) is 3.80. The fraction of sp³-hybridized carbons (Fsp3) is 0.211. The number of carbonyl (C=O) groups excluding carboxylic acids is 2. The molecule has 0 saturated heterocycles. The van der Waals surface area contributed by atoms with Crippen LogP contribution in [-0.2, 0) is 16.1 Å². The first kappa shape index (κ1) is 17.3. The van der Waals surface area contributed by atoms with Crippen LogP contribution in [0.3, 0.4) is 0 Å². The van der Waals surface area contributed by atoms with E-state index in [9.17, 15) is 9.59 Å². The van der Waals surface area contributed by atoms with Crippen LogP contribution >= 0.6 is 11.3 Å². The van der Waals surface area contributed by atoms with Gasteiger partial charge < -0.3 is 18.8 Å². The van der Waals surface area contributed by atoms with Gasteiger partial charge in [-0.2, -0.15) is 4.99 Å². The summed E-state index contributed by atoms with van der Waals surface area (Å²) < 4.78 is 18.4. The van der Waals surface area contributed by atoms with Gasteiger partial charge in [-0.3, -0.25) is 9.59 Å². The van der Waals surface area contributed by atoms with E-state index in [4.69, 9.17) is 14.2 Å². The predicted molar refractivity (Wildman–Crippen MR) is 98.9 cm³/mol. The average molecular weight is 384 g/mol. The highest BCUT2D eigenvalue weighted by Crippen LogP contribution is 2.37. The van der Waals surface area contributed by atoms with Gasteiger partial charge in [0.1, 0.15) is 6.54 Å². The minimum Gasteiger partial charge on any atom is -0.465 e. The number of fused-ring (bicyclic) bond motifs is 2. The molecule has 0 spiro atoms. The highest BCUT2D eigenvalue weighted by atomic mass is 32.1. The third kappa shape index (κ3) is 3.43. The number of hydrogen-bond acceptors (Lipinski definition) is 6. The van der Waals surface area contributed by atoms with Gasteiger partial charge in [-0.1, -0.05) is 29.5 Å². The number of rotatable bonds is 4. The summed E-state index contributed by atoms with van der Waals surface area (Å²) in [7, 11) is 0. The molecule has 1 aromatic heterocycles. The lowest BCUT2D eigenvalue weighted by molar-refractivity contribution is -0.143. The summed E-state index contributed by atoms with van der Waals surface area (Å²) in [6, 6.07) is 12.4. The highest BCUT2D eigenvalue weighted by molar-refractivity contribution is 7.16. The SMILES string of the molecule is CCOC(=O)Cn1c(=NC(=O)c2ccccc2)sc2cc3c(cc21)OCO3. The summed E-state index contributed by atoms with van der Waals surface area (Å²) in [5, 5.41) is 0. The zero-order valence-corrected chi connectivity index (χ0v) is 15.3. The molecular formula is C19H16N2O5S. The van der Waals surface area contributed by atoms with Gasteiger partial charge in [-0.05, 0) is 19.1 Å². The number of hydrogen-bond donors (Lipinski definition) is 0. The van der Waals surface area contributed by atoms with Gasteiger partial charge in [0, 0.05) is 17.7 Å². The molecule has 138 valence electrons. The van der Waals surface area contributed by atoms with E-state index in [0.29, 0.717) is 21.9 Å². The molecule has 7 nitrogen and oxygen atoms in total. The smallest absolute Gasteiger partial charge is 0.326 e. The lowest BCUT2D eigenvalue weighted by atomic mass is 10.2. The molecule has 2 heterocycles. The second-order valence-corrected chi connectivity index (χ2v) is 6.74. The molecule has 2 aromatic carbocycles. The van der Waals surface area contributed by atoms with Crippen molar-refractivity contribution in [2.24, 2.45) is 4.99 Å². The van der Waals surface area contributed by atoms with E-state index in [1.54, 1.807) is 41.8 Å². The molecule has 0 aliphatic carbocycles. The number of benzene rings is 2. The lowest BCUT2D eigenvalue weighted by Gasteiger charge is -2.05. The maximum absolute atomic E-state index is 12.5. The van der Waals surface area contributed by atoms with E-state index >= 15 is 0 Å². The van der Waals surface area contributed by atoms with Gasteiger partial charge in [-0.25, -0.2) is 0 Å². The van der Waals surface area contributed by atoms with Gasteiger partial charge in [0.25, 0.3) is 5.91 Å². The van der Waals surface area contributed by atoms with E-state index in [-0.39, 0.29) is 25.9 Å². The van der Waals surface area contributed by atoms with E-state index in [2.05, 4.69) is 4.99 Å². The molecule has 1 aliphatic rings. The Hall–Kier alpha value is -3.13. The van der Waals surface area contributed by atoms with Crippen molar-refractivity contribution in [2.75, 3.05) is 13.4 Å². The first-order chi connectivity index (χ1) is 13.2. The molecule has 0 unspecified atom stereocenters. The summed E-state index contributed by atoms with van der Waals surface area (Å²) in [5.41, 5.74) is 1.21. The third-order valence-corrected chi connectivity index (χ3v) is 5.03. The van der Waals surface area contributed by atoms with Crippen molar-refractivity contribution in [3.63, 3.8) is 0 Å². The van der Waals surface area contributed by atoms with Gasteiger partial charge in [0.2, 0.25) is 6.79 Å². The Kier molecular flexibility index (Phi) is 4.64. The van der Waals surface area contributed by atoms with Crippen molar-refractivity contribution >= 4 is 33.4 Å². The molecule has 0 fully saturated rings. The molecule has 0 bridgehead atoms. The number of carbonyl (C=O) groups is 2. The van der Waals surface area contributed by atoms with Crippen molar-refractivity contribution in [1.29, 1.82) is 0 Å². The molecule has 8 heteroatoms. The van der Waals surface area contributed by atoms with E-state index in [1.165, 1.54) is 11.3 Å². The maximum Gasteiger partial charge on any atom is 0.326 e. The van der Waals surface area contributed by atoms with Gasteiger partial charge >= 0.3 is 5.97 Å². The average Bonchev–Trinajstić information content (AvgIpc) is 3.25. The normalized spacial score (nSPS) is 13.1. The number of nitrogens with zero attached hydrogens (tertiary/aromatic N) is 2. The first-order valence-corrected chi connectivity index (χ1v) is 9.20. The summed E-state index contributed by atoms with van der Waals surface area (Å²) in [6.45, 7) is 2.14. The summed E-state index contributed by atoms with van der Waals surface area (Å²) in [4.78, 5) is 29.2. The Morgan fingerprint density at radius 2 is 1.93 bits per heavy atom. The third-order valence-electron chi connectivity index (χ3n) is 3.99. The van der Waals surface area contributed by atoms with Gasteiger partial charge in [-0.15, -0.1) is 0 Å². The van der Waals surface area contributed by atoms with Crippen LogP contribution in [0.1, 0.15) is 17.3 Å². The first-order valence-electron chi connectivity index (χ1n) is 8.38. The Labute approximate surface area is 158 Å². The molecule has 3 aromatic rings. The Morgan fingerprint density at radius 3 is 2.67 bits per heavy atom. The zero-order valence-electron chi connectivity index (χ0n) is 14.5. The number of ether oxygens (including phenoxy) is 3. The molecule has 0 atom stereocenters. The fourth-order valence-electron chi connectivity index (χ4n) is 2.77. The minimum atomic E-state index is -0.400. The van der Waals surface area contributed by atoms with Crippen molar-refractivity contribution in [3.05, 3.63) is 52.8 Å². The molecule has 0 N–H and O–H groups in total. The topological polar surface area (TPSA) is 79.1 Å². The molecule has 1 aliphatic heterocycles. The molecule has 0 saturated carbocycles. The van der Waals surface area contributed by atoms with Crippen LogP contribution in [0.4, 0.5) is 0 Å². The second kappa shape index (κ2) is 7.24. The Morgan fingerprint density at radius 1 is 1.19 bits per heavy atom. The van der Waals surface area contributed by atoms with Crippen LogP contribution in [0.15, 0.2) is 47.5 Å². The van der Waals surface area contributed by atoms with Gasteiger partial charge in [0.15, 0.2) is 16.3 Å². The molecule has 1 amide bonds. The number of esters is 1. The molecule has 27 heavy (non-hydrogen) atoms. The van der Waals surface area contributed by atoms with E-state index in [1.807, 2.05) is 12.1 Å². The van der Waals surface area contributed by atoms with Crippen molar-refractivity contribution < 1.29 is 23.8 Å². The second-order valence-electron chi connectivity index (χ2n) is 5.73. The van der Waals surface area contributed by atoms with Crippen LogP contribution in [-0.4, -0.2) is 29.8 Å². The van der Waals surface area contributed by atoms with Crippen LogP contribution < -0.4 is 14.3 Å². The molecule has 0 radical (unpaired) electrons. The largest absolute Gasteiger partial charge is 0.465 e. The molecule has 4 rings (SSSR count). The van der Waals surface area contributed by atoms with Crippen molar-refractivity contribution in [1.82, 2.24) is 4.57 Å². The quantitative estimate of drug-likeness (QED) is 0.646. The van der Waals surface area contributed by atoms with Crippen LogP contribution in [0.2, 0.25) is 0 Å². The monoisotopic (exact) mass is 384 g/mol. The summed E-state index contributed by atoms with van der Waals surface area (Å²) >= 11 is 1.31. The van der Waals surface area contributed by atoms with Crippen LogP contribution in [0, 0.1) is 0 Å². The standard InChI is InChI=1S/C19H16N2O5S/c1-2-24-17(22)10-21-13-8-14-15(26-11-25-14)9-16(13)27-19(21)20-18(23)12-6-4-3-5-7-12/h3-9H,2,10-11H2,1H3. The minimum absolute atomic E-state index is 0.0472. The predicted octanol–water partition coefficient (Wildman–Crippen LogP) is 2.74. The summed E-state index contributed by atoms with van der Waals surface area (Å²) in [6.07, 6.45) is 0. The lowest BCUT2D eigenvalue weighted by Crippen LogP contribution is -2.23.